The third-order valence-electron chi connectivity index (χ3n) is 2.90. The molecule has 0 bridgehead atoms. The molecule has 1 rings (SSSR count). The van der Waals surface area contributed by atoms with Crippen molar-refractivity contribution in [2.24, 2.45) is 5.92 Å². The van der Waals surface area contributed by atoms with Crippen LogP contribution in [0.3, 0.4) is 0 Å². The van der Waals surface area contributed by atoms with E-state index in [-0.39, 0.29) is 12.5 Å². The maximum atomic E-state index is 11.5. The Kier molecular flexibility index (Phi) is 5.21. The lowest BCUT2D eigenvalue weighted by Crippen LogP contribution is -2.49. The molecule has 0 aromatic carbocycles. The molecule has 0 spiro atoms. The Hall–Kier alpha value is -1.30. The summed E-state index contributed by atoms with van der Waals surface area (Å²) in [6.45, 7) is 2.23. The van der Waals surface area contributed by atoms with Crippen molar-refractivity contribution in [3.8, 4) is 0 Å². The summed E-state index contributed by atoms with van der Waals surface area (Å²) in [7, 11) is 1.49. The monoisotopic (exact) mass is 244 g/mol. The normalized spacial score (nSPS) is 18.2. The van der Waals surface area contributed by atoms with E-state index in [0.29, 0.717) is 12.5 Å². The van der Waals surface area contributed by atoms with Crippen LogP contribution in [-0.2, 0) is 9.53 Å². The van der Waals surface area contributed by atoms with Gasteiger partial charge in [-0.3, -0.25) is 0 Å². The smallest absolute Gasteiger partial charge is 0.326 e. The van der Waals surface area contributed by atoms with E-state index < -0.39 is 18.0 Å². The zero-order valence-corrected chi connectivity index (χ0v) is 10.2. The minimum absolute atomic E-state index is 0.104. The minimum Gasteiger partial charge on any atom is -0.480 e. The number of amides is 2. The van der Waals surface area contributed by atoms with Crippen molar-refractivity contribution in [2.45, 2.75) is 38.3 Å². The predicted molar refractivity (Wildman–Crippen MR) is 61.8 cm³/mol. The number of urea groups is 1. The summed E-state index contributed by atoms with van der Waals surface area (Å²) >= 11 is 0. The molecule has 1 fully saturated rings. The summed E-state index contributed by atoms with van der Waals surface area (Å²) in [5.41, 5.74) is 0. The molecule has 0 aromatic heterocycles. The molecule has 2 atom stereocenters. The summed E-state index contributed by atoms with van der Waals surface area (Å²) < 4.78 is 4.80. The fourth-order valence-corrected chi connectivity index (χ4v) is 1.61. The number of ether oxygens (including phenoxy) is 1. The standard InChI is InChI=1S/C11H20N2O4/c1-7(8-3-4-8)12-11(16)13-9(10(14)15)5-6-17-2/h7-9H,3-6H2,1-2H3,(H,14,15)(H2,12,13,16). The number of aliphatic carboxylic acids is 1. The second-order valence-corrected chi connectivity index (χ2v) is 4.42. The molecular formula is C11H20N2O4. The van der Waals surface area contributed by atoms with E-state index in [1.54, 1.807) is 0 Å². The molecule has 2 amide bonds. The van der Waals surface area contributed by atoms with Crippen LogP contribution in [0.15, 0.2) is 0 Å². The lowest BCUT2D eigenvalue weighted by molar-refractivity contribution is -0.139. The van der Waals surface area contributed by atoms with Crippen molar-refractivity contribution >= 4 is 12.0 Å². The number of carboxylic acids is 1. The average Bonchev–Trinajstić information content (AvgIpc) is 3.07. The van der Waals surface area contributed by atoms with Gasteiger partial charge in [0.15, 0.2) is 0 Å². The second kappa shape index (κ2) is 6.44. The van der Waals surface area contributed by atoms with E-state index in [2.05, 4.69) is 10.6 Å². The Morgan fingerprint density at radius 2 is 2.06 bits per heavy atom. The largest absolute Gasteiger partial charge is 0.480 e. The summed E-state index contributed by atoms with van der Waals surface area (Å²) in [6, 6.07) is -1.22. The van der Waals surface area contributed by atoms with Crippen LogP contribution < -0.4 is 10.6 Å². The van der Waals surface area contributed by atoms with Gasteiger partial charge in [0.1, 0.15) is 6.04 Å². The van der Waals surface area contributed by atoms with Crippen LogP contribution in [0.4, 0.5) is 4.79 Å². The van der Waals surface area contributed by atoms with Gasteiger partial charge in [-0.1, -0.05) is 0 Å². The van der Waals surface area contributed by atoms with Crippen LogP contribution in [0.2, 0.25) is 0 Å². The van der Waals surface area contributed by atoms with Gasteiger partial charge in [-0.2, -0.15) is 0 Å². The van der Waals surface area contributed by atoms with E-state index in [1.807, 2.05) is 6.92 Å². The molecule has 0 radical (unpaired) electrons. The molecule has 2 unspecified atom stereocenters. The van der Waals surface area contributed by atoms with Gasteiger partial charge in [0.25, 0.3) is 0 Å². The zero-order chi connectivity index (χ0) is 12.8. The van der Waals surface area contributed by atoms with Crippen molar-refractivity contribution in [1.29, 1.82) is 0 Å². The second-order valence-electron chi connectivity index (χ2n) is 4.42. The highest BCUT2D eigenvalue weighted by Gasteiger charge is 2.29. The van der Waals surface area contributed by atoms with Crippen LogP contribution >= 0.6 is 0 Å². The van der Waals surface area contributed by atoms with Gasteiger partial charge in [0.2, 0.25) is 0 Å². The van der Waals surface area contributed by atoms with Gasteiger partial charge in [0, 0.05) is 26.2 Å². The fourth-order valence-electron chi connectivity index (χ4n) is 1.61. The van der Waals surface area contributed by atoms with Crippen LogP contribution in [0.1, 0.15) is 26.2 Å². The Morgan fingerprint density at radius 1 is 1.41 bits per heavy atom. The van der Waals surface area contributed by atoms with E-state index >= 15 is 0 Å². The third-order valence-corrected chi connectivity index (χ3v) is 2.90. The van der Waals surface area contributed by atoms with Crippen molar-refractivity contribution < 1.29 is 19.4 Å². The number of methoxy groups -OCH3 is 1. The van der Waals surface area contributed by atoms with Gasteiger partial charge in [0.05, 0.1) is 0 Å². The number of nitrogens with one attached hydrogen (secondary N) is 2. The van der Waals surface area contributed by atoms with Gasteiger partial charge in [-0.15, -0.1) is 0 Å². The number of rotatable bonds is 7. The van der Waals surface area contributed by atoms with Crippen LogP contribution in [-0.4, -0.2) is 42.9 Å². The first-order chi connectivity index (χ1) is 8.04. The van der Waals surface area contributed by atoms with Gasteiger partial charge in [-0.05, 0) is 25.7 Å². The fraction of sp³-hybridized carbons (Fsp3) is 0.818. The first-order valence-corrected chi connectivity index (χ1v) is 5.83. The summed E-state index contributed by atoms with van der Waals surface area (Å²) in [5.74, 6) is -0.501. The van der Waals surface area contributed by atoms with Crippen LogP contribution in [0.5, 0.6) is 0 Å². The Morgan fingerprint density at radius 3 is 2.53 bits per heavy atom. The number of hydrogen-bond donors (Lipinski definition) is 3. The molecule has 6 heteroatoms. The first kappa shape index (κ1) is 13.8. The molecule has 1 aliphatic rings. The molecule has 0 heterocycles. The summed E-state index contributed by atoms with van der Waals surface area (Å²) in [6.07, 6.45) is 2.53. The lowest BCUT2D eigenvalue weighted by atomic mass is 10.2. The van der Waals surface area contributed by atoms with Crippen LogP contribution in [0.25, 0.3) is 0 Å². The SMILES string of the molecule is COCCC(NC(=O)NC(C)C1CC1)C(=O)O. The quantitative estimate of drug-likeness (QED) is 0.611. The van der Waals surface area contributed by atoms with Crippen LogP contribution in [0, 0.1) is 5.92 Å². The van der Waals surface area contributed by atoms with Gasteiger partial charge < -0.3 is 20.5 Å². The number of carbonyl (C=O) groups excluding carboxylic acids is 1. The maximum absolute atomic E-state index is 11.5. The third kappa shape index (κ3) is 5.04. The molecule has 0 saturated heterocycles. The number of carbonyl (C=O) groups is 2. The van der Waals surface area contributed by atoms with Gasteiger partial charge >= 0.3 is 12.0 Å². The summed E-state index contributed by atoms with van der Waals surface area (Å²) in [4.78, 5) is 22.4. The molecule has 17 heavy (non-hydrogen) atoms. The zero-order valence-electron chi connectivity index (χ0n) is 10.2. The topological polar surface area (TPSA) is 87.7 Å². The lowest BCUT2D eigenvalue weighted by Gasteiger charge is -2.17. The molecule has 98 valence electrons. The molecule has 1 saturated carbocycles. The van der Waals surface area contributed by atoms with E-state index in [9.17, 15) is 9.59 Å². The number of hydrogen-bond acceptors (Lipinski definition) is 3. The minimum atomic E-state index is -1.05. The van der Waals surface area contributed by atoms with Crippen molar-refractivity contribution in [1.82, 2.24) is 10.6 Å². The van der Waals surface area contributed by atoms with E-state index in [0.717, 1.165) is 12.8 Å². The Labute approximate surface area is 101 Å². The van der Waals surface area contributed by atoms with Crippen molar-refractivity contribution in [2.75, 3.05) is 13.7 Å². The highest BCUT2D eigenvalue weighted by molar-refractivity contribution is 5.82. The Bertz CT molecular complexity index is 279. The molecular weight excluding hydrogens is 224 g/mol. The maximum Gasteiger partial charge on any atom is 0.326 e. The summed E-state index contributed by atoms with van der Waals surface area (Å²) in [5, 5.41) is 14.1. The van der Waals surface area contributed by atoms with Crippen molar-refractivity contribution in [3.05, 3.63) is 0 Å². The molecule has 1 aliphatic carbocycles. The van der Waals surface area contributed by atoms with E-state index in [4.69, 9.17) is 9.84 Å². The predicted octanol–water partition coefficient (Wildman–Crippen LogP) is 0.574. The van der Waals surface area contributed by atoms with Crippen molar-refractivity contribution in [3.63, 3.8) is 0 Å². The van der Waals surface area contributed by atoms with E-state index in [1.165, 1.54) is 7.11 Å². The first-order valence-electron chi connectivity index (χ1n) is 5.83. The highest BCUT2D eigenvalue weighted by Crippen LogP contribution is 2.32. The molecule has 0 aliphatic heterocycles. The Balaban J connectivity index is 2.31. The highest BCUT2D eigenvalue weighted by atomic mass is 16.5. The number of carboxylic acid groups (broad SMARTS) is 1. The molecule has 3 N–H and O–H groups in total. The molecule has 0 aromatic rings. The van der Waals surface area contributed by atoms with Gasteiger partial charge in [-0.25, -0.2) is 9.59 Å². The molecule has 6 nitrogen and oxygen atoms in total. The average molecular weight is 244 g/mol.